The molecule has 0 aliphatic carbocycles. The quantitative estimate of drug-likeness (QED) is 0.0395. The molecule has 1 spiro atoms. The summed E-state index contributed by atoms with van der Waals surface area (Å²) in [6.07, 6.45) is -3.25. The molecular formula is C55H48N4O12. The molecule has 0 unspecified atom stereocenters. The molecule has 71 heavy (non-hydrogen) atoms. The number of esters is 1. The summed E-state index contributed by atoms with van der Waals surface area (Å²) < 4.78 is 18.3. The van der Waals surface area contributed by atoms with Crippen LogP contribution in [0.25, 0.3) is 0 Å². The number of aliphatic hydroxyl groups excluding tert-OH is 3. The SMILES string of the molecule is O=C1O[C@H](c2ccccc2)[C@H](c2ccccc2)N2[C@H]1[C@@H](C(=O)NC[C@H](O)c1ccccc1)[C@]1(C(=O)N(C(=O)OCc3ccc([N+](=O)[O-])cc3)c3ccc(C#CCCO)cc31)[C@H]2c1cccc(OCCO)c1. The van der Waals surface area contributed by atoms with Crippen molar-refractivity contribution in [1.82, 2.24) is 10.2 Å². The number of imide groups is 1. The van der Waals surface area contributed by atoms with Gasteiger partial charge >= 0.3 is 12.1 Å². The minimum atomic E-state index is -2.21. The van der Waals surface area contributed by atoms with Crippen LogP contribution in [0.4, 0.5) is 16.2 Å². The molecule has 3 heterocycles. The van der Waals surface area contributed by atoms with Gasteiger partial charge in [-0.25, -0.2) is 9.69 Å². The van der Waals surface area contributed by atoms with E-state index >= 15 is 14.4 Å². The molecule has 7 atom stereocenters. The zero-order valence-corrected chi connectivity index (χ0v) is 38.1. The Kier molecular flexibility index (Phi) is 14.0. The van der Waals surface area contributed by atoms with Crippen molar-refractivity contribution < 1.29 is 53.6 Å². The van der Waals surface area contributed by atoms with Crippen molar-refractivity contribution in [2.45, 2.75) is 48.8 Å². The van der Waals surface area contributed by atoms with E-state index in [2.05, 4.69) is 17.2 Å². The van der Waals surface area contributed by atoms with Crippen LogP contribution < -0.4 is 15.0 Å². The first-order chi connectivity index (χ1) is 34.6. The van der Waals surface area contributed by atoms with Crippen molar-refractivity contribution in [3.63, 3.8) is 0 Å². The maximum absolute atomic E-state index is 16.5. The molecular weight excluding hydrogens is 909 g/mol. The Bertz CT molecular complexity index is 3000. The van der Waals surface area contributed by atoms with E-state index in [4.69, 9.17) is 14.2 Å². The first-order valence-corrected chi connectivity index (χ1v) is 23.0. The molecule has 2 saturated heterocycles. The summed E-state index contributed by atoms with van der Waals surface area (Å²) in [5, 5.41) is 45.2. The van der Waals surface area contributed by atoms with E-state index in [0.29, 0.717) is 39.1 Å². The van der Waals surface area contributed by atoms with Gasteiger partial charge in [0.25, 0.3) is 5.69 Å². The van der Waals surface area contributed by atoms with Gasteiger partial charge in [-0.15, -0.1) is 0 Å². The van der Waals surface area contributed by atoms with Gasteiger partial charge < -0.3 is 34.8 Å². The topological polar surface area (TPSA) is 218 Å². The smallest absolute Gasteiger partial charge is 0.421 e. The lowest BCUT2D eigenvalue weighted by Gasteiger charge is -2.46. The predicted octanol–water partition coefficient (Wildman–Crippen LogP) is 6.55. The van der Waals surface area contributed by atoms with Crippen LogP contribution in [0.3, 0.4) is 0 Å². The number of nitrogens with zero attached hydrogens (tertiary/aromatic N) is 3. The summed E-state index contributed by atoms with van der Waals surface area (Å²) >= 11 is 0. The summed E-state index contributed by atoms with van der Waals surface area (Å²) in [4.78, 5) is 75.9. The highest BCUT2D eigenvalue weighted by atomic mass is 16.6. The number of hydrogen-bond donors (Lipinski definition) is 4. The Morgan fingerprint density at radius 2 is 1.48 bits per heavy atom. The standard InChI is InChI=1S/C55H48N4O12/c60-28-11-10-13-35-24-27-44-43(31-35)55(53(65)57(44)54(66)70-34-36-22-25-41(26-23-36)59(67)68)46(51(63)56-33-45(62)37-14-4-1-5-15-37)48-52(64)71-49(39-18-8-3-9-19-39)47(38-16-6-2-7-17-38)58(48)50(55)40-20-12-21-42(32-40)69-30-29-61/h1-9,12,14-27,31-32,45-50,60-62H,11,28-30,33-34H2,(H,56,63)/t45-,46-,47-,48-,49+,50+,55-/m0/s1. The number of fused-ring (bicyclic) bond motifs is 3. The van der Waals surface area contributed by atoms with E-state index in [1.807, 2.05) is 65.6 Å². The highest BCUT2D eigenvalue weighted by molar-refractivity contribution is 6.23. The normalized spacial score (nSPS) is 21.6. The van der Waals surface area contributed by atoms with Crippen LogP contribution in [0.15, 0.2) is 158 Å². The van der Waals surface area contributed by atoms with E-state index in [1.54, 1.807) is 66.7 Å². The Labute approximate surface area is 408 Å². The van der Waals surface area contributed by atoms with Gasteiger partial charge in [-0.05, 0) is 75.8 Å². The fraction of sp³-hybridized carbons (Fsp3) is 0.236. The van der Waals surface area contributed by atoms with Gasteiger partial charge in [0, 0.05) is 30.7 Å². The second-order valence-corrected chi connectivity index (χ2v) is 17.2. The molecule has 0 aromatic heterocycles. The fourth-order valence-electron chi connectivity index (χ4n) is 10.1. The van der Waals surface area contributed by atoms with Gasteiger partial charge in [-0.2, -0.15) is 0 Å². The molecule has 3 aliphatic rings. The summed E-state index contributed by atoms with van der Waals surface area (Å²) in [5.41, 5.74) is 0.696. The zero-order chi connectivity index (χ0) is 49.6. The maximum atomic E-state index is 16.5. The van der Waals surface area contributed by atoms with Crippen molar-refractivity contribution in [2.75, 3.05) is 31.3 Å². The highest BCUT2D eigenvalue weighted by Gasteiger charge is 2.75. The van der Waals surface area contributed by atoms with Gasteiger partial charge in [0.15, 0.2) is 0 Å². The zero-order valence-electron chi connectivity index (χ0n) is 38.1. The lowest BCUT2D eigenvalue weighted by Crippen LogP contribution is -2.56. The molecule has 9 rings (SSSR count). The number of amides is 3. The second-order valence-electron chi connectivity index (χ2n) is 17.2. The Balaban J connectivity index is 1.30. The molecule has 0 saturated carbocycles. The Hall–Kier alpha value is -8.20. The third kappa shape index (κ3) is 9.10. The largest absolute Gasteiger partial charge is 0.491 e. The van der Waals surface area contributed by atoms with Gasteiger partial charge in [-0.1, -0.05) is 115 Å². The molecule has 0 bridgehead atoms. The maximum Gasteiger partial charge on any atom is 0.421 e. The van der Waals surface area contributed by atoms with Crippen LogP contribution >= 0.6 is 0 Å². The molecule has 6 aromatic rings. The summed E-state index contributed by atoms with van der Waals surface area (Å²) in [6.45, 7) is -1.37. The van der Waals surface area contributed by atoms with Crippen LogP contribution in [0.1, 0.15) is 69.7 Å². The first-order valence-electron chi connectivity index (χ1n) is 23.0. The third-order valence-electron chi connectivity index (χ3n) is 13.1. The van der Waals surface area contributed by atoms with Crippen molar-refractivity contribution in [1.29, 1.82) is 0 Å². The molecule has 0 radical (unpaired) electrons. The molecule has 16 heteroatoms. The minimum absolute atomic E-state index is 0.0281. The number of ether oxygens (including phenoxy) is 3. The number of benzene rings is 6. The monoisotopic (exact) mass is 956 g/mol. The summed E-state index contributed by atoms with van der Waals surface area (Å²) in [7, 11) is 0. The number of nitro groups is 1. The van der Waals surface area contributed by atoms with Gasteiger partial charge in [0.1, 0.15) is 36.5 Å². The number of aliphatic hydroxyl groups is 3. The lowest BCUT2D eigenvalue weighted by atomic mass is 9.65. The molecule has 6 aromatic carbocycles. The number of hydrogen-bond acceptors (Lipinski definition) is 13. The number of morpholine rings is 1. The number of non-ortho nitro benzene ring substituents is 1. The van der Waals surface area contributed by atoms with Crippen molar-refractivity contribution >= 4 is 35.3 Å². The van der Waals surface area contributed by atoms with Gasteiger partial charge in [0.05, 0.1) is 47.9 Å². The van der Waals surface area contributed by atoms with E-state index in [9.17, 15) is 30.2 Å². The average molecular weight is 957 g/mol. The van der Waals surface area contributed by atoms with Crippen LogP contribution in [0.5, 0.6) is 5.75 Å². The number of carbonyl (C=O) groups is 4. The molecule has 360 valence electrons. The minimum Gasteiger partial charge on any atom is -0.491 e. The molecule has 3 aliphatic heterocycles. The van der Waals surface area contributed by atoms with Crippen molar-refractivity contribution in [3.8, 4) is 17.6 Å². The van der Waals surface area contributed by atoms with E-state index < -0.39 is 77.1 Å². The van der Waals surface area contributed by atoms with Crippen LogP contribution in [-0.4, -0.2) is 81.4 Å². The average Bonchev–Trinajstić information content (AvgIpc) is 3.86. The highest BCUT2D eigenvalue weighted by Crippen LogP contribution is 2.66. The first kappa shape index (κ1) is 47.8. The van der Waals surface area contributed by atoms with Crippen molar-refractivity contribution in [3.05, 3.63) is 207 Å². The summed E-state index contributed by atoms with van der Waals surface area (Å²) in [5.74, 6) is 1.97. The number of nitro benzene ring substituents is 1. The number of cyclic esters (lactones) is 1. The third-order valence-corrected chi connectivity index (χ3v) is 13.1. The molecule has 16 nitrogen and oxygen atoms in total. The van der Waals surface area contributed by atoms with Crippen LogP contribution in [-0.2, 0) is 35.9 Å². The molecule has 3 amide bonds. The fourth-order valence-corrected chi connectivity index (χ4v) is 10.1. The molecule has 4 N–H and O–H groups in total. The Morgan fingerprint density at radius 3 is 2.15 bits per heavy atom. The number of anilines is 1. The van der Waals surface area contributed by atoms with Crippen molar-refractivity contribution in [2.24, 2.45) is 5.92 Å². The van der Waals surface area contributed by atoms with E-state index in [1.165, 1.54) is 30.3 Å². The second kappa shape index (κ2) is 20.8. The van der Waals surface area contributed by atoms with E-state index in [0.717, 1.165) is 4.90 Å². The Morgan fingerprint density at radius 1 is 0.803 bits per heavy atom. The van der Waals surface area contributed by atoms with Gasteiger partial charge in [0.2, 0.25) is 11.8 Å². The van der Waals surface area contributed by atoms with E-state index in [-0.39, 0.29) is 49.7 Å². The summed E-state index contributed by atoms with van der Waals surface area (Å²) in [6, 6.07) is 40.1. The van der Waals surface area contributed by atoms with Gasteiger partial charge in [-0.3, -0.25) is 29.4 Å². The van der Waals surface area contributed by atoms with Crippen LogP contribution in [0, 0.1) is 27.9 Å². The number of nitrogens with one attached hydrogen (secondary N) is 1. The lowest BCUT2D eigenvalue weighted by molar-refractivity contribution is -0.384. The van der Waals surface area contributed by atoms with Crippen LogP contribution in [0.2, 0.25) is 0 Å². The predicted molar refractivity (Wildman–Crippen MR) is 257 cm³/mol. The number of carbonyl (C=O) groups excluding carboxylic acids is 4. The number of rotatable bonds is 14. The molecule has 2 fully saturated rings.